The molecule has 0 bridgehead atoms. The summed E-state index contributed by atoms with van der Waals surface area (Å²) in [5, 5.41) is 5.10. The number of nitrogens with one attached hydrogen (secondary N) is 1. The molecule has 134 valence electrons. The van der Waals surface area contributed by atoms with Crippen molar-refractivity contribution in [2.45, 2.75) is 18.3 Å². The molecule has 1 N–H and O–H groups in total. The van der Waals surface area contributed by atoms with Crippen molar-refractivity contribution in [2.24, 2.45) is 0 Å². The van der Waals surface area contributed by atoms with E-state index in [0.29, 0.717) is 0 Å². The van der Waals surface area contributed by atoms with Gasteiger partial charge in [0.25, 0.3) is 0 Å². The van der Waals surface area contributed by atoms with E-state index >= 15 is 0 Å². The van der Waals surface area contributed by atoms with Gasteiger partial charge >= 0.3 is 0 Å². The predicted molar refractivity (Wildman–Crippen MR) is 112 cm³/mol. The van der Waals surface area contributed by atoms with Crippen LogP contribution in [0.5, 0.6) is 0 Å². The van der Waals surface area contributed by atoms with Gasteiger partial charge in [-0.2, -0.15) is 0 Å². The monoisotopic (exact) mass is 437 g/mol. The van der Waals surface area contributed by atoms with Crippen LogP contribution in [0, 0.1) is 0 Å². The smallest absolute Gasteiger partial charge is 0.235 e. The second kappa shape index (κ2) is 6.32. The first-order valence-electron chi connectivity index (χ1n) is 8.74. The summed E-state index contributed by atoms with van der Waals surface area (Å²) in [5.74, 6) is 0.0695. The second-order valence-corrected chi connectivity index (χ2v) is 8.63. The molecule has 0 atom stereocenters. The second-order valence-electron chi connectivity index (χ2n) is 6.84. The molecule has 1 amide bonds. The third-order valence-corrected chi connectivity index (χ3v) is 6.41. The number of hydrogen-bond donors (Lipinski definition) is 1. The van der Waals surface area contributed by atoms with Crippen LogP contribution in [-0.2, 0) is 10.2 Å². The van der Waals surface area contributed by atoms with E-state index in [1.807, 2.05) is 70.7 Å². The molecule has 27 heavy (non-hydrogen) atoms. The highest BCUT2D eigenvalue weighted by Crippen LogP contribution is 2.49. The summed E-state index contributed by atoms with van der Waals surface area (Å²) in [6.45, 7) is 0. The largest absolute Gasteiger partial charge is 0.325 e. The van der Waals surface area contributed by atoms with Gasteiger partial charge < -0.3 is 5.32 Å². The zero-order valence-electron chi connectivity index (χ0n) is 14.4. The van der Waals surface area contributed by atoms with Crippen molar-refractivity contribution < 1.29 is 4.79 Å². The molecule has 1 saturated carbocycles. The summed E-state index contributed by atoms with van der Waals surface area (Å²) in [7, 11) is 0. The number of benzene rings is 2. The number of imidazole rings is 1. The molecule has 2 heterocycles. The van der Waals surface area contributed by atoms with Gasteiger partial charge in [0, 0.05) is 33.5 Å². The van der Waals surface area contributed by atoms with E-state index in [1.165, 1.54) is 0 Å². The van der Waals surface area contributed by atoms with Crippen LogP contribution in [0.1, 0.15) is 18.4 Å². The number of hydrogen-bond acceptors (Lipinski definition) is 3. The van der Waals surface area contributed by atoms with Crippen molar-refractivity contribution in [1.82, 2.24) is 9.38 Å². The SMILES string of the molecule is O=C(Nc1ccc(-c2cn3ccsc3n2)cc1)C1(c2ccc(Br)cc2)CC1. The zero-order valence-corrected chi connectivity index (χ0v) is 16.8. The summed E-state index contributed by atoms with van der Waals surface area (Å²) in [5.41, 5.74) is 3.49. The molecule has 4 aromatic rings. The number of carbonyl (C=O) groups is 1. The highest BCUT2D eigenvalue weighted by atomic mass is 79.9. The van der Waals surface area contributed by atoms with Crippen LogP contribution in [0.2, 0.25) is 0 Å². The lowest BCUT2D eigenvalue weighted by Gasteiger charge is -2.16. The van der Waals surface area contributed by atoms with E-state index in [-0.39, 0.29) is 11.3 Å². The van der Waals surface area contributed by atoms with Gasteiger partial charge in [-0.1, -0.05) is 40.2 Å². The highest BCUT2D eigenvalue weighted by molar-refractivity contribution is 9.10. The summed E-state index contributed by atoms with van der Waals surface area (Å²) < 4.78 is 3.04. The molecular formula is C21H16BrN3OS. The highest BCUT2D eigenvalue weighted by Gasteiger charge is 2.51. The van der Waals surface area contributed by atoms with Gasteiger partial charge in [-0.15, -0.1) is 11.3 Å². The minimum Gasteiger partial charge on any atom is -0.325 e. The number of nitrogens with zero attached hydrogens (tertiary/aromatic N) is 2. The summed E-state index contributed by atoms with van der Waals surface area (Å²) in [4.78, 5) is 18.5. The van der Waals surface area contributed by atoms with E-state index < -0.39 is 0 Å². The molecular weight excluding hydrogens is 422 g/mol. The van der Waals surface area contributed by atoms with E-state index in [1.54, 1.807) is 11.3 Å². The van der Waals surface area contributed by atoms with Crippen LogP contribution in [0.4, 0.5) is 5.69 Å². The molecule has 6 heteroatoms. The maximum absolute atomic E-state index is 12.9. The molecule has 0 radical (unpaired) electrons. The Labute approximate surface area is 169 Å². The number of halogens is 1. The molecule has 1 fully saturated rings. The Morgan fingerprint density at radius 3 is 2.52 bits per heavy atom. The summed E-state index contributed by atoms with van der Waals surface area (Å²) in [6, 6.07) is 15.9. The summed E-state index contributed by atoms with van der Waals surface area (Å²) >= 11 is 5.07. The maximum Gasteiger partial charge on any atom is 0.235 e. The number of fused-ring (bicyclic) bond motifs is 1. The van der Waals surface area contributed by atoms with Crippen molar-refractivity contribution in [3.05, 3.63) is 76.3 Å². The van der Waals surface area contributed by atoms with Crippen LogP contribution in [-0.4, -0.2) is 15.3 Å². The van der Waals surface area contributed by atoms with Crippen LogP contribution < -0.4 is 5.32 Å². The predicted octanol–water partition coefficient (Wildman–Crippen LogP) is 5.50. The Balaban J connectivity index is 1.34. The van der Waals surface area contributed by atoms with Gasteiger partial charge in [0.1, 0.15) is 0 Å². The number of rotatable bonds is 4. The Morgan fingerprint density at radius 2 is 1.85 bits per heavy atom. The minimum atomic E-state index is -0.381. The molecule has 0 saturated heterocycles. The third kappa shape index (κ3) is 2.99. The number of aromatic nitrogens is 2. The number of thiazole rings is 1. The average Bonchev–Trinajstić information content (AvgIpc) is 3.21. The average molecular weight is 438 g/mol. The van der Waals surface area contributed by atoms with Gasteiger partial charge in [-0.25, -0.2) is 4.98 Å². The summed E-state index contributed by atoms with van der Waals surface area (Å²) in [6.07, 6.45) is 5.81. The number of amides is 1. The first kappa shape index (κ1) is 16.7. The number of anilines is 1. The van der Waals surface area contributed by atoms with Crippen LogP contribution in [0.25, 0.3) is 16.2 Å². The minimum absolute atomic E-state index is 0.0695. The topological polar surface area (TPSA) is 46.4 Å². The van der Waals surface area contributed by atoms with Crippen molar-refractivity contribution in [3.8, 4) is 11.3 Å². The first-order chi connectivity index (χ1) is 13.1. The Morgan fingerprint density at radius 1 is 1.11 bits per heavy atom. The lowest BCUT2D eigenvalue weighted by molar-refractivity contribution is -0.118. The van der Waals surface area contributed by atoms with Crippen molar-refractivity contribution in [3.63, 3.8) is 0 Å². The van der Waals surface area contributed by atoms with Crippen LogP contribution >= 0.6 is 27.3 Å². The lowest BCUT2D eigenvalue weighted by atomic mass is 9.95. The Hall–Kier alpha value is -2.44. The van der Waals surface area contributed by atoms with Gasteiger partial charge in [0.2, 0.25) is 5.91 Å². The van der Waals surface area contributed by atoms with Gasteiger partial charge in [-0.05, 0) is 42.7 Å². The quantitative estimate of drug-likeness (QED) is 0.458. The van der Waals surface area contributed by atoms with E-state index in [2.05, 4.69) is 26.2 Å². The first-order valence-corrected chi connectivity index (χ1v) is 10.4. The molecule has 2 aromatic carbocycles. The molecule has 1 aliphatic rings. The van der Waals surface area contributed by atoms with Crippen molar-refractivity contribution >= 4 is 43.8 Å². The molecule has 5 rings (SSSR count). The molecule has 1 aliphatic carbocycles. The molecule has 0 aliphatic heterocycles. The fourth-order valence-electron chi connectivity index (χ4n) is 3.38. The maximum atomic E-state index is 12.9. The Kier molecular flexibility index (Phi) is 3.91. The van der Waals surface area contributed by atoms with Gasteiger partial charge in [-0.3, -0.25) is 9.20 Å². The molecule has 0 unspecified atom stereocenters. The fourth-order valence-corrected chi connectivity index (χ4v) is 4.35. The molecule has 0 spiro atoms. The third-order valence-electron chi connectivity index (χ3n) is 5.11. The van der Waals surface area contributed by atoms with Crippen LogP contribution in [0.15, 0.2) is 70.8 Å². The standard InChI is InChI=1S/C21H16BrN3OS/c22-16-5-3-15(4-6-16)21(9-10-21)19(26)23-17-7-1-14(2-8-17)18-13-25-11-12-27-20(25)24-18/h1-8,11-13H,9-10H2,(H,23,26). The molecule has 2 aromatic heterocycles. The van der Waals surface area contributed by atoms with Gasteiger partial charge in [0.15, 0.2) is 4.96 Å². The Bertz CT molecular complexity index is 1100. The van der Waals surface area contributed by atoms with Gasteiger partial charge in [0.05, 0.1) is 11.1 Å². The molecule has 4 nitrogen and oxygen atoms in total. The number of carbonyl (C=O) groups excluding carboxylic acids is 1. The zero-order chi connectivity index (χ0) is 18.4. The van der Waals surface area contributed by atoms with Crippen LogP contribution in [0.3, 0.4) is 0 Å². The van der Waals surface area contributed by atoms with E-state index in [4.69, 9.17) is 0 Å². The normalized spacial score (nSPS) is 15.0. The van der Waals surface area contributed by atoms with Crippen molar-refractivity contribution in [2.75, 3.05) is 5.32 Å². The van der Waals surface area contributed by atoms with E-state index in [0.717, 1.165) is 44.8 Å². The fraction of sp³-hybridized carbons (Fsp3) is 0.143. The van der Waals surface area contributed by atoms with Crippen molar-refractivity contribution in [1.29, 1.82) is 0 Å². The lowest BCUT2D eigenvalue weighted by Crippen LogP contribution is -2.27. The van der Waals surface area contributed by atoms with E-state index in [9.17, 15) is 4.79 Å².